The van der Waals surface area contributed by atoms with E-state index >= 15 is 0 Å². The molecular formula is C19H27N5O2. The Morgan fingerprint density at radius 2 is 2.23 bits per heavy atom. The zero-order valence-corrected chi connectivity index (χ0v) is 15.4. The molecule has 1 saturated heterocycles. The van der Waals surface area contributed by atoms with Crippen molar-refractivity contribution in [1.29, 1.82) is 0 Å². The molecule has 26 heavy (non-hydrogen) atoms. The highest BCUT2D eigenvalue weighted by Crippen LogP contribution is 2.16. The molecule has 0 aliphatic carbocycles. The lowest BCUT2D eigenvalue weighted by molar-refractivity contribution is -0.121. The van der Waals surface area contributed by atoms with E-state index in [0.29, 0.717) is 24.6 Å². The Labute approximate surface area is 154 Å². The molecular weight excluding hydrogens is 330 g/mol. The second kappa shape index (κ2) is 9.43. The van der Waals surface area contributed by atoms with Crippen molar-refractivity contribution < 1.29 is 9.32 Å². The molecule has 7 heteroatoms. The first-order chi connectivity index (χ1) is 12.7. The number of nitrogens with zero attached hydrogens (tertiary/aromatic N) is 4. The third-order valence-corrected chi connectivity index (χ3v) is 4.80. The van der Waals surface area contributed by atoms with Gasteiger partial charge in [-0.25, -0.2) is 0 Å². The van der Waals surface area contributed by atoms with E-state index in [1.54, 1.807) is 12.4 Å². The standard InChI is InChI=1S/C19H27N5O2/c1-15-7-12-24(13-8-15)11-3-10-21-17(25)5-6-18-22-19(23-26-18)16-4-2-9-20-14-16/h2,4,9,14-15H,3,5-8,10-13H2,1H3,(H,21,25). The average Bonchev–Trinajstić information content (AvgIpc) is 3.15. The smallest absolute Gasteiger partial charge is 0.227 e. The van der Waals surface area contributed by atoms with Crippen LogP contribution in [-0.4, -0.2) is 52.1 Å². The van der Waals surface area contributed by atoms with Gasteiger partial charge in [0.15, 0.2) is 0 Å². The summed E-state index contributed by atoms with van der Waals surface area (Å²) in [6.45, 7) is 6.47. The number of hydrogen-bond acceptors (Lipinski definition) is 6. The van der Waals surface area contributed by atoms with Gasteiger partial charge in [0, 0.05) is 37.3 Å². The van der Waals surface area contributed by atoms with Gasteiger partial charge in [0.05, 0.1) is 0 Å². The number of aromatic nitrogens is 3. The fourth-order valence-electron chi connectivity index (χ4n) is 3.09. The quantitative estimate of drug-likeness (QED) is 0.730. The molecule has 0 spiro atoms. The van der Waals surface area contributed by atoms with E-state index in [4.69, 9.17) is 4.52 Å². The Balaban J connectivity index is 1.31. The van der Waals surface area contributed by atoms with Crippen molar-refractivity contribution in [1.82, 2.24) is 25.3 Å². The summed E-state index contributed by atoms with van der Waals surface area (Å²) in [6.07, 6.45) is 7.75. The van der Waals surface area contributed by atoms with Crippen LogP contribution in [0.1, 0.15) is 38.5 Å². The predicted octanol–water partition coefficient (Wildman–Crippen LogP) is 2.30. The van der Waals surface area contributed by atoms with Crippen LogP contribution in [0.15, 0.2) is 29.0 Å². The van der Waals surface area contributed by atoms with Crippen LogP contribution in [0.3, 0.4) is 0 Å². The molecule has 140 valence electrons. The normalized spacial score (nSPS) is 15.9. The number of carbonyl (C=O) groups is 1. The van der Waals surface area contributed by atoms with E-state index in [1.807, 2.05) is 12.1 Å². The zero-order valence-electron chi connectivity index (χ0n) is 15.4. The summed E-state index contributed by atoms with van der Waals surface area (Å²) < 4.78 is 5.21. The molecule has 2 aromatic heterocycles. The molecule has 0 aromatic carbocycles. The van der Waals surface area contributed by atoms with Crippen molar-refractivity contribution in [2.24, 2.45) is 5.92 Å². The zero-order chi connectivity index (χ0) is 18.2. The minimum absolute atomic E-state index is 0.0263. The lowest BCUT2D eigenvalue weighted by Gasteiger charge is -2.30. The first-order valence-corrected chi connectivity index (χ1v) is 9.43. The van der Waals surface area contributed by atoms with Crippen LogP contribution in [0.5, 0.6) is 0 Å². The van der Waals surface area contributed by atoms with Crippen LogP contribution in [-0.2, 0) is 11.2 Å². The number of aryl methyl sites for hydroxylation is 1. The minimum Gasteiger partial charge on any atom is -0.356 e. The molecule has 1 fully saturated rings. The first-order valence-electron chi connectivity index (χ1n) is 9.43. The minimum atomic E-state index is 0.0263. The number of pyridine rings is 1. The summed E-state index contributed by atoms with van der Waals surface area (Å²) in [5, 5.41) is 6.91. The summed E-state index contributed by atoms with van der Waals surface area (Å²) in [7, 11) is 0. The third-order valence-electron chi connectivity index (χ3n) is 4.80. The SMILES string of the molecule is CC1CCN(CCCNC(=O)CCc2nc(-c3cccnc3)no2)CC1. The third kappa shape index (κ3) is 5.62. The molecule has 1 N–H and O–H groups in total. The molecule has 7 nitrogen and oxygen atoms in total. The van der Waals surface area contributed by atoms with Crippen molar-refractivity contribution in [3.05, 3.63) is 30.4 Å². The molecule has 2 aromatic rings. The van der Waals surface area contributed by atoms with E-state index in [-0.39, 0.29) is 5.91 Å². The highest BCUT2D eigenvalue weighted by molar-refractivity contribution is 5.75. The van der Waals surface area contributed by atoms with Crippen molar-refractivity contribution >= 4 is 5.91 Å². The Hall–Kier alpha value is -2.28. The van der Waals surface area contributed by atoms with Crippen LogP contribution < -0.4 is 5.32 Å². The Bertz CT molecular complexity index is 680. The van der Waals surface area contributed by atoms with E-state index in [9.17, 15) is 4.79 Å². The highest BCUT2D eigenvalue weighted by atomic mass is 16.5. The Morgan fingerprint density at radius 3 is 3.00 bits per heavy atom. The number of rotatable bonds is 8. The van der Waals surface area contributed by atoms with Gasteiger partial charge in [-0.15, -0.1) is 0 Å². The maximum absolute atomic E-state index is 12.0. The molecule has 3 rings (SSSR count). The summed E-state index contributed by atoms with van der Waals surface area (Å²) in [4.78, 5) is 22.8. The Kier molecular flexibility index (Phi) is 6.71. The first kappa shape index (κ1) is 18.5. The summed E-state index contributed by atoms with van der Waals surface area (Å²) >= 11 is 0. The van der Waals surface area contributed by atoms with E-state index < -0.39 is 0 Å². The number of nitrogens with one attached hydrogen (secondary N) is 1. The van der Waals surface area contributed by atoms with E-state index in [2.05, 4.69) is 32.3 Å². The molecule has 1 aliphatic rings. The predicted molar refractivity (Wildman–Crippen MR) is 98.3 cm³/mol. The van der Waals surface area contributed by atoms with Gasteiger partial charge in [0.25, 0.3) is 0 Å². The number of amides is 1. The second-order valence-electron chi connectivity index (χ2n) is 6.98. The lowest BCUT2D eigenvalue weighted by atomic mass is 9.99. The van der Waals surface area contributed by atoms with Crippen LogP contribution >= 0.6 is 0 Å². The molecule has 0 bridgehead atoms. The molecule has 3 heterocycles. The second-order valence-corrected chi connectivity index (χ2v) is 6.98. The number of carbonyl (C=O) groups excluding carboxylic acids is 1. The van der Waals surface area contributed by atoms with Crippen LogP contribution in [0.2, 0.25) is 0 Å². The van der Waals surface area contributed by atoms with Crippen molar-refractivity contribution in [3.8, 4) is 11.4 Å². The number of hydrogen-bond donors (Lipinski definition) is 1. The van der Waals surface area contributed by atoms with Crippen LogP contribution in [0.4, 0.5) is 0 Å². The van der Waals surface area contributed by atoms with Gasteiger partial charge >= 0.3 is 0 Å². The highest BCUT2D eigenvalue weighted by Gasteiger charge is 2.15. The fourth-order valence-corrected chi connectivity index (χ4v) is 3.09. The number of piperidine rings is 1. The van der Waals surface area contributed by atoms with E-state index in [0.717, 1.165) is 31.0 Å². The molecule has 1 amide bonds. The van der Waals surface area contributed by atoms with Crippen LogP contribution in [0, 0.1) is 5.92 Å². The van der Waals surface area contributed by atoms with Gasteiger partial charge in [-0.3, -0.25) is 9.78 Å². The van der Waals surface area contributed by atoms with Crippen LogP contribution in [0.25, 0.3) is 11.4 Å². The number of likely N-dealkylation sites (tertiary alicyclic amines) is 1. The molecule has 0 atom stereocenters. The average molecular weight is 357 g/mol. The molecule has 0 radical (unpaired) electrons. The van der Waals surface area contributed by atoms with Gasteiger partial charge in [0.1, 0.15) is 0 Å². The molecule has 0 saturated carbocycles. The maximum Gasteiger partial charge on any atom is 0.227 e. The van der Waals surface area contributed by atoms with Gasteiger partial charge in [-0.2, -0.15) is 4.98 Å². The van der Waals surface area contributed by atoms with Crippen molar-refractivity contribution in [2.45, 2.75) is 39.0 Å². The summed E-state index contributed by atoms with van der Waals surface area (Å²) in [5.74, 6) is 1.86. The molecule has 1 aliphatic heterocycles. The van der Waals surface area contributed by atoms with Gasteiger partial charge in [-0.05, 0) is 56.9 Å². The van der Waals surface area contributed by atoms with Gasteiger partial charge < -0.3 is 14.7 Å². The molecule has 0 unspecified atom stereocenters. The summed E-state index contributed by atoms with van der Waals surface area (Å²) in [6, 6.07) is 3.70. The topological polar surface area (TPSA) is 84.2 Å². The summed E-state index contributed by atoms with van der Waals surface area (Å²) in [5.41, 5.74) is 0.805. The lowest BCUT2D eigenvalue weighted by Crippen LogP contribution is -2.35. The van der Waals surface area contributed by atoms with Gasteiger partial charge in [0.2, 0.25) is 17.6 Å². The maximum atomic E-state index is 12.0. The monoisotopic (exact) mass is 357 g/mol. The largest absolute Gasteiger partial charge is 0.356 e. The van der Waals surface area contributed by atoms with E-state index in [1.165, 1.54) is 25.9 Å². The Morgan fingerprint density at radius 1 is 1.38 bits per heavy atom. The van der Waals surface area contributed by atoms with Gasteiger partial charge in [-0.1, -0.05) is 12.1 Å². The van der Waals surface area contributed by atoms with Crippen molar-refractivity contribution in [2.75, 3.05) is 26.2 Å². The fraction of sp³-hybridized carbons (Fsp3) is 0.579. The van der Waals surface area contributed by atoms with Crippen molar-refractivity contribution in [3.63, 3.8) is 0 Å².